The molecule has 3 amide bonds. The molecule has 0 radical (unpaired) electrons. The zero-order chi connectivity index (χ0) is 21.3. The van der Waals surface area contributed by atoms with Gasteiger partial charge in [0.1, 0.15) is 0 Å². The van der Waals surface area contributed by atoms with E-state index in [4.69, 9.17) is 4.74 Å². The summed E-state index contributed by atoms with van der Waals surface area (Å²) in [6, 6.07) is 6.28. The van der Waals surface area contributed by atoms with Crippen molar-refractivity contribution in [2.45, 2.75) is 19.8 Å². The molecule has 9 heteroatoms. The fourth-order valence-electron chi connectivity index (χ4n) is 3.70. The lowest BCUT2D eigenvalue weighted by molar-refractivity contribution is -0.149. The molecular formula is C21H20N4O5. The van der Waals surface area contributed by atoms with Crippen molar-refractivity contribution in [3.63, 3.8) is 0 Å². The van der Waals surface area contributed by atoms with Crippen LogP contribution in [0.5, 0.6) is 0 Å². The normalized spacial score (nSPS) is 16.6. The van der Waals surface area contributed by atoms with Gasteiger partial charge in [-0.1, -0.05) is 0 Å². The summed E-state index contributed by atoms with van der Waals surface area (Å²) < 4.78 is 5.05. The predicted molar refractivity (Wildman–Crippen MR) is 105 cm³/mol. The molecule has 9 nitrogen and oxygen atoms in total. The maximum absolute atomic E-state index is 12.8. The first-order valence-electron chi connectivity index (χ1n) is 9.77. The Hall–Kier alpha value is -3.62. The van der Waals surface area contributed by atoms with Crippen molar-refractivity contribution in [2.75, 3.05) is 24.6 Å². The van der Waals surface area contributed by atoms with Crippen LogP contribution < -0.4 is 4.90 Å². The third-order valence-electron chi connectivity index (χ3n) is 5.28. The highest BCUT2D eigenvalue weighted by Gasteiger charge is 2.39. The minimum absolute atomic E-state index is 0.0205. The van der Waals surface area contributed by atoms with Crippen molar-refractivity contribution in [2.24, 2.45) is 5.92 Å². The summed E-state index contributed by atoms with van der Waals surface area (Å²) in [5.41, 5.74) is 0.836. The van der Waals surface area contributed by atoms with Gasteiger partial charge < -0.3 is 9.64 Å². The molecule has 4 rings (SSSR count). The van der Waals surface area contributed by atoms with Crippen LogP contribution in [0.15, 0.2) is 36.7 Å². The molecule has 2 aromatic rings. The van der Waals surface area contributed by atoms with Gasteiger partial charge in [-0.15, -0.1) is 0 Å². The molecule has 1 saturated heterocycles. The van der Waals surface area contributed by atoms with Crippen LogP contribution in [-0.2, 0) is 9.53 Å². The molecule has 1 aromatic carbocycles. The summed E-state index contributed by atoms with van der Waals surface area (Å²) in [4.78, 5) is 60.2. The number of esters is 1. The zero-order valence-electron chi connectivity index (χ0n) is 16.4. The Morgan fingerprint density at radius 2 is 1.57 bits per heavy atom. The number of benzene rings is 1. The van der Waals surface area contributed by atoms with Crippen molar-refractivity contribution < 1.29 is 23.9 Å². The van der Waals surface area contributed by atoms with E-state index in [9.17, 15) is 19.2 Å². The lowest BCUT2D eigenvalue weighted by atomic mass is 9.96. The van der Waals surface area contributed by atoms with Gasteiger partial charge in [0.2, 0.25) is 0 Å². The average molecular weight is 408 g/mol. The van der Waals surface area contributed by atoms with Crippen LogP contribution in [0.25, 0.3) is 0 Å². The number of likely N-dealkylation sites (tertiary alicyclic amines) is 1. The SMILES string of the molecule is CCOC(=O)C1CCN(C(=O)c2ccc(N3C(=O)c4nccnc4C3=O)cc2)CC1. The molecule has 0 N–H and O–H groups in total. The Kier molecular flexibility index (Phi) is 5.26. The Labute approximate surface area is 172 Å². The van der Waals surface area contributed by atoms with Crippen molar-refractivity contribution in [3.05, 3.63) is 53.6 Å². The Balaban J connectivity index is 1.43. The molecule has 0 saturated carbocycles. The first-order valence-corrected chi connectivity index (χ1v) is 9.77. The number of amides is 3. The van der Waals surface area contributed by atoms with E-state index in [1.807, 2.05) is 0 Å². The molecule has 0 aliphatic carbocycles. The van der Waals surface area contributed by atoms with Gasteiger partial charge in [0.05, 0.1) is 18.2 Å². The van der Waals surface area contributed by atoms with E-state index >= 15 is 0 Å². The van der Waals surface area contributed by atoms with E-state index in [-0.39, 0.29) is 29.2 Å². The molecule has 30 heavy (non-hydrogen) atoms. The molecule has 0 atom stereocenters. The van der Waals surface area contributed by atoms with Crippen molar-refractivity contribution in [3.8, 4) is 0 Å². The van der Waals surface area contributed by atoms with E-state index < -0.39 is 11.8 Å². The lowest BCUT2D eigenvalue weighted by Crippen LogP contribution is -2.40. The van der Waals surface area contributed by atoms with E-state index in [0.29, 0.717) is 43.8 Å². The average Bonchev–Trinajstić information content (AvgIpc) is 3.04. The van der Waals surface area contributed by atoms with E-state index in [2.05, 4.69) is 9.97 Å². The number of imide groups is 1. The first kappa shape index (κ1) is 19.7. The van der Waals surface area contributed by atoms with Crippen molar-refractivity contribution in [1.82, 2.24) is 14.9 Å². The Bertz CT molecular complexity index is 977. The largest absolute Gasteiger partial charge is 0.466 e. The summed E-state index contributed by atoms with van der Waals surface area (Å²) in [7, 11) is 0. The zero-order valence-corrected chi connectivity index (χ0v) is 16.4. The second-order valence-electron chi connectivity index (χ2n) is 7.06. The Morgan fingerprint density at radius 3 is 2.10 bits per heavy atom. The second-order valence-corrected chi connectivity index (χ2v) is 7.06. The van der Waals surface area contributed by atoms with Crippen LogP contribution in [0.3, 0.4) is 0 Å². The Morgan fingerprint density at radius 1 is 1.00 bits per heavy atom. The fourth-order valence-corrected chi connectivity index (χ4v) is 3.70. The van der Waals surface area contributed by atoms with Gasteiger partial charge in [-0.25, -0.2) is 14.9 Å². The van der Waals surface area contributed by atoms with E-state index in [1.54, 1.807) is 36.1 Å². The topological polar surface area (TPSA) is 110 Å². The predicted octanol–water partition coefficient (Wildman–Crippen LogP) is 1.69. The van der Waals surface area contributed by atoms with Gasteiger partial charge in [-0.05, 0) is 44.0 Å². The molecule has 2 aliphatic rings. The van der Waals surface area contributed by atoms with Crippen LogP contribution in [0.2, 0.25) is 0 Å². The fraction of sp³-hybridized carbons (Fsp3) is 0.333. The van der Waals surface area contributed by atoms with Gasteiger partial charge in [0.25, 0.3) is 17.7 Å². The van der Waals surface area contributed by atoms with Crippen molar-refractivity contribution >= 4 is 29.4 Å². The molecule has 3 heterocycles. The molecule has 154 valence electrons. The number of nitrogens with zero attached hydrogens (tertiary/aromatic N) is 4. The van der Waals surface area contributed by atoms with Gasteiger partial charge in [0.15, 0.2) is 11.4 Å². The van der Waals surface area contributed by atoms with E-state index in [0.717, 1.165) is 4.90 Å². The van der Waals surface area contributed by atoms with Crippen LogP contribution in [-0.4, -0.2) is 58.3 Å². The molecular weight excluding hydrogens is 388 g/mol. The molecule has 1 aromatic heterocycles. The number of hydrogen-bond acceptors (Lipinski definition) is 7. The number of rotatable bonds is 4. The highest BCUT2D eigenvalue weighted by Crippen LogP contribution is 2.27. The molecule has 0 unspecified atom stereocenters. The third kappa shape index (κ3) is 3.42. The third-order valence-corrected chi connectivity index (χ3v) is 5.28. The number of ether oxygens (including phenoxy) is 1. The number of piperidine rings is 1. The van der Waals surface area contributed by atoms with Crippen LogP contribution in [0.4, 0.5) is 5.69 Å². The standard InChI is InChI=1S/C21H20N4O5/c1-2-30-21(29)14-7-11-24(12-8-14)18(26)13-3-5-15(6-4-13)25-19(27)16-17(20(25)28)23-10-9-22-16/h3-6,9-10,14H,2,7-8,11-12H2,1H3. The monoisotopic (exact) mass is 408 g/mol. The highest BCUT2D eigenvalue weighted by atomic mass is 16.5. The molecule has 1 fully saturated rings. The second kappa shape index (κ2) is 8.02. The van der Waals surface area contributed by atoms with Gasteiger partial charge in [-0.2, -0.15) is 0 Å². The van der Waals surface area contributed by atoms with Crippen LogP contribution in [0.1, 0.15) is 51.1 Å². The summed E-state index contributed by atoms with van der Waals surface area (Å²) in [5.74, 6) is -1.62. The minimum atomic E-state index is -0.539. The van der Waals surface area contributed by atoms with Crippen LogP contribution >= 0.6 is 0 Å². The number of hydrogen-bond donors (Lipinski definition) is 0. The number of carbonyl (C=O) groups is 4. The summed E-state index contributed by atoms with van der Waals surface area (Å²) in [6.45, 7) is 3.07. The number of aromatic nitrogens is 2. The molecule has 2 aliphatic heterocycles. The number of carbonyl (C=O) groups excluding carboxylic acids is 4. The molecule has 0 bridgehead atoms. The molecule has 0 spiro atoms. The van der Waals surface area contributed by atoms with Gasteiger partial charge >= 0.3 is 5.97 Å². The lowest BCUT2D eigenvalue weighted by Gasteiger charge is -2.31. The van der Waals surface area contributed by atoms with Gasteiger partial charge in [0, 0.05) is 31.0 Å². The van der Waals surface area contributed by atoms with Crippen LogP contribution in [0, 0.1) is 5.92 Å². The maximum atomic E-state index is 12.8. The quantitative estimate of drug-likeness (QED) is 0.559. The number of anilines is 1. The summed E-state index contributed by atoms with van der Waals surface area (Å²) in [6.07, 6.45) is 3.86. The smallest absolute Gasteiger partial charge is 0.309 e. The maximum Gasteiger partial charge on any atom is 0.309 e. The number of fused-ring (bicyclic) bond motifs is 1. The first-order chi connectivity index (χ1) is 14.5. The highest BCUT2D eigenvalue weighted by molar-refractivity contribution is 6.33. The van der Waals surface area contributed by atoms with E-state index in [1.165, 1.54) is 12.4 Å². The van der Waals surface area contributed by atoms with Gasteiger partial charge in [-0.3, -0.25) is 19.2 Å². The minimum Gasteiger partial charge on any atom is -0.466 e. The van der Waals surface area contributed by atoms with Crippen molar-refractivity contribution in [1.29, 1.82) is 0 Å². The summed E-state index contributed by atoms with van der Waals surface area (Å²) in [5, 5.41) is 0. The summed E-state index contributed by atoms with van der Waals surface area (Å²) >= 11 is 0.